The Labute approximate surface area is 204 Å². The van der Waals surface area contributed by atoms with Crippen LogP contribution in [0.5, 0.6) is 0 Å². The Hall–Kier alpha value is -2.40. The van der Waals surface area contributed by atoms with Crippen LogP contribution in [0.25, 0.3) is 20.4 Å². The van der Waals surface area contributed by atoms with Crippen LogP contribution in [0.15, 0.2) is 18.5 Å². The van der Waals surface area contributed by atoms with Crippen LogP contribution in [0.2, 0.25) is 5.02 Å². The Morgan fingerprint density at radius 2 is 2.24 bits per heavy atom. The minimum atomic E-state index is -0.0281. The molecule has 4 aromatic rings. The third-order valence-corrected chi connectivity index (χ3v) is 8.26. The second-order valence-corrected chi connectivity index (χ2v) is 10.6. The molecule has 0 unspecified atom stereocenters. The summed E-state index contributed by atoms with van der Waals surface area (Å²) in [4.78, 5) is 26.0. The van der Waals surface area contributed by atoms with Gasteiger partial charge in [-0.05, 0) is 55.4 Å². The molecule has 0 fully saturated rings. The van der Waals surface area contributed by atoms with Gasteiger partial charge in [-0.1, -0.05) is 16.1 Å². The van der Waals surface area contributed by atoms with E-state index in [0.29, 0.717) is 11.6 Å². The van der Waals surface area contributed by atoms with Crippen molar-refractivity contribution in [2.75, 3.05) is 26.0 Å². The summed E-state index contributed by atoms with van der Waals surface area (Å²) < 4.78 is 10.3. The van der Waals surface area contributed by atoms with Gasteiger partial charge in [0, 0.05) is 31.5 Å². The number of benzene rings is 1. The van der Waals surface area contributed by atoms with Crippen molar-refractivity contribution in [3.05, 3.63) is 33.9 Å². The van der Waals surface area contributed by atoms with E-state index in [0.717, 1.165) is 51.2 Å². The number of nitrogens with zero attached hydrogens (tertiary/aromatic N) is 5. The first-order chi connectivity index (χ1) is 15.9. The second-order valence-electron chi connectivity index (χ2n) is 8.31. The molecule has 1 aliphatic carbocycles. The van der Waals surface area contributed by atoms with E-state index < -0.39 is 0 Å². The SMILES string of the molecule is CO[C@@H](C)CN(C)C(=O)[C@H]1CCc2c(sc3ncnc(Nc4cc5snnc5cc4Cl)c23)C1. The maximum Gasteiger partial charge on any atom is 0.225 e. The van der Waals surface area contributed by atoms with Crippen LogP contribution < -0.4 is 5.32 Å². The number of ether oxygens (including phenoxy) is 1. The van der Waals surface area contributed by atoms with Crippen LogP contribution in [0.4, 0.5) is 11.5 Å². The normalized spacial score (nSPS) is 16.7. The molecule has 2 atom stereocenters. The highest BCUT2D eigenvalue weighted by atomic mass is 35.5. The summed E-state index contributed by atoms with van der Waals surface area (Å²) in [5.41, 5.74) is 2.76. The molecular formula is C22H23ClN6O2S2. The van der Waals surface area contributed by atoms with Gasteiger partial charge in [-0.3, -0.25) is 4.79 Å². The van der Waals surface area contributed by atoms with Crippen molar-refractivity contribution in [1.82, 2.24) is 24.5 Å². The number of thiophene rings is 1. The topological polar surface area (TPSA) is 93.1 Å². The number of aromatic nitrogens is 4. The highest BCUT2D eigenvalue weighted by molar-refractivity contribution is 7.19. The zero-order chi connectivity index (χ0) is 23.1. The smallest absolute Gasteiger partial charge is 0.225 e. The molecule has 172 valence electrons. The van der Waals surface area contributed by atoms with Gasteiger partial charge in [0.05, 0.1) is 26.9 Å². The van der Waals surface area contributed by atoms with Gasteiger partial charge < -0.3 is 15.0 Å². The molecule has 0 spiro atoms. The second kappa shape index (κ2) is 9.09. The van der Waals surface area contributed by atoms with Crippen LogP contribution in [-0.4, -0.2) is 57.2 Å². The lowest BCUT2D eigenvalue weighted by Gasteiger charge is -2.28. The predicted molar refractivity (Wildman–Crippen MR) is 133 cm³/mol. The number of carbonyl (C=O) groups is 1. The number of rotatable bonds is 6. The van der Waals surface area contributed by atoms with Crippen LogP contribution in [0, 0.1) is 5.92 Å². The van der Waals surface area contributed by atoms with Gasteiger partial charge in [-0.2, -0.15) is 0 Å². The first-order valence-corrected chi connectivity index (χ1v) is 12.6. The fourth-order valence-electron chi connectivity index (χ4n) is 4.30. The number of fused-ring (bicyclic) bond motifs is 4. The number of aryl methyl sites for hydroxylation is 1. The number of hydrogen-bond acceptors (Lipinski definition) is 9. The lowest BCUT2D eigenvalue weighted by molar-refractivity contribution is -0.135. The Morgan fingerprint density at radius 1 is 1.39 bits per heavy atom. The Bertz CT molecular complexity index is 1340. The van der Waals surface area contributed by atoms with Gasteiger partial charge in [0.15, 0.2) is 0 Å². The Kier molecular flexibility index (Phi) is 6.17. The molecule has 8 nitrogen and oxygen atoms in total. The lowest BCUT2D eigenvalue weighted by Crippen LogP contribution is -2.39. The Morgan fingerprint density at radius 3 is 3.06 bits per heavy atom. The van der Waals surface area contributed by atoms with E-state index in [2.05, 4.69) is 24.9 Å². The van der Waals surface area contributed by atoms with Gasteiger partial charge in [-0.15, -0.1) is 16.4 Å². The molecule has 0 saturated carbocycles. The third-order valence-electron chi connectivity index (χ3n) is 6.09. The number of amides is 1. The molecule has 3 heterocycles. The number of nitrogens with one attached hydrogen (secondary N) is 1. The molecule has 1 amide bonds. The number of hydrogen-bond donors (Lipinski definition) is 1. The van der Waals surface area contributed by atoms with Gasteiger partial charge >= 0.3 is 0 Å². The van der Waals surface area contributed by atoms with Crippen LogP contribution >= 0.6 is 34.5 Å². The summed E-state index contributed by atoms with van der Waals surface area (Å²) in [5, 5.41) is 9.05. The van der Waals surface area contributed by atoms with Crippen molar-refractivity contribution >= 4 is 72.3 Å². The number of likely N-dealkylation sites (N-methyl/N-ethyl adjacent to an activating group) is 1. The molecule has 0 aliphatic heterocycles. The average Bonchev–Trinajstić information content (AvgIpc) is 3.42. The minimum Gasteiger partial charge on any atom is -0.380 e. The van der Waals surface area contributed by atoms with Gasteiger partial charge in [0.25, 0.3) is 0 Å². The van der Waals surface area contributed by atoms with Crippen molar-refractivity contribution in [2.24, 2.45) is 5.92 Å². The molecule has 1 aliphatic rings. The van der Waals surface area contributed by atoms with Gasteiger partial charge in [0.2, 0.25) is 5.91 Å². The quantitative estimate of drug-likeness (QED) is 0.408. The molecular weight excluding hydrogens is 480 g/mol. The maximum atomic E-state index is 13.0. The molecule has 5 rings (SSSR count). The first kappa shape index (κ1) is 22.4. The molecule has 1 aromatic carbocycles. The van der Waals surface area contributed by atoms with E-state index >= 15 is 0 Å². The van der Waals surface area contributed by atoms with E-state index in [-0.39, 0.29) is 17.9 Å². The molecule has 33 heavy (non-hydrogen) atoms. The molecule has 0 saturated heterocycles. The van der Waals surface area contributed by atoms with Crippen LogP contribution in [-0.2, 0) is 22.4 Å². The summed E-state index contributed by atoms with van der Waals surface area (Å²) in [6, 6.07) is 3.75. The minimum absolute atomic E-state index is 0.0121. The summed E-state index contributed by atoms with van der Waals surface area (Å²) in [6.07, 6.45) is 3.91. The fraction of sp³-hybridized carbons (Fsp3) is 0.409. The number of halogens is 1. The largest absolute Gasteiger partial charge is 0.380 e. The lowest BCUT2D eigenvalue weighted by atomic mass is 9.87. The summed E-state index contributed by atoms with van der Waals surface area (Å²) in [5.74, 6) is 0.872. The summed E-state index contributed by atoms with van der Waals surface area (Å²) in [7, 11) is 3.52. The van der Waals surface area contributed by atoms with Gasteiger partial charge in [-0.25, -0.2) is 9.97 Å². The average molecular weight is 503 g/mol. The Balaban J connectivity index is 1.43. The molecule has 1 N–H and O–H groups in total. The van der Waals surface area contributed by atoms with E-state index in [1.807, 2.05) is 20.0 Å². The molecule has 0 bridgehead atoms. The van der Waals surface area contributed by atoms with Crippen molar-refractivity contribution in [2.45, 2.75) is 32.3 Å². The van der Waals surface area contributed by atoms with E-state index in [1.165, 1.54) is 22.0 Å². The number of carbonyl (C=O) groups excluding carboxylic acids is 1. The van der Waals surface area contributed by atoms with Gasteiger partial charge in [0.1, 0.15) is 22.5 Å². The summed E-state index contributed by atoms with van der Waals surface area (Å²) in [6.45, 7) is 2.56. The third kappa shape index (κ3) is 4.28. The van der Waals surface area contributed by atoms with E-state index in [4.69, 9.17) is 16.3 Å². The van der Waals surface area contributed by atoms with Crippen molar-refractivity contribution in [3.63, 3.8) is 0 Å². The maximum absolute atomic E-state index is 13.0. The number of methoxy groups -OCH3 is 1. The van der Waals surface area contributed by atoms with Crippen LogP contribution in [0.3, 0.4) is 0 Å². The fourth-order valence-corrected chi connectivity index (χ4v) is 6.36. The van der Waals surface area contributed by atoms with E-state index in [1.54, 1.807) is 35.7 Å². The number of anilines is 2. The standard InChI is InChI=1S/C22H23ClN6O2S2/c1-11(31-3)9-29(2)22(30)12-4-5-13-17(6-12)32-21-19(13)20(24-10-25-21)26-15-8-18-16(7-14(15)23)27-28-33-18/h7-8,10-12H,4-6,9H2,1-3H3,(H,24,25,26)/t11-,12-/m0/s1. The molecule has 11 heteroatoms. The monoisotopic (exact) mass is 502 g/mol. The summed E-state index contributed by atoms with van der Waals surface area (Å²) >= 11 is 9.46. The molecule has 0 radical (unpaired) electrons. The van der Waals surface area contributed by atoms with Crippen molar-refractivity contribution in [3.8, 4) is 0 Å². The molecule has 3 aromatic heterocycles. The zero-order valence-corrected chi connectivity index (χ0v) is 20.9. The first-order valence-electron chi connectivity index (χ1n) is 10.7. The highest BCUT2D eigenvalue weighted by Crippen LogP contribution is 2.41. The predicted octanol–water partition coefficient (Wildman–Crippen LogP) is 4.69. The van der Waals surface area contributed by atoms with Crippen molar-refractivity contribution in [1.29, 1.82) is 0 Å². The van der Waals surface area contributed by atoms with Crippen molar-refractivity contribution < 1.29 is 9.53 Å². The zero-order valence-electron chi connectivity index (χ0n) is 18.5. The highest BCUT2D eigenvalue weighted by Gasteiger charge is 2.31. The van der Waals surface area contributed by atoms with E-state index in [9.17, 15) is 4.79 Å². The van der Waals surface area contributed by atoms with Crippen LogP contribution in [0.1, 0.15) is 23.8 Å².